The summed E-state index contributed by atoms with van der Waals surface area (Å²) in [6.45, 7) is 4.38. The lowest BCUT2D eigenvalue weighted by Gasteiger charge is -2.05. The summed E-state index contributed by atoms with van der Waals surface area (Å²) in [5.74, 6) is 0.354. The number of thiazole rings is 1. The van der Waals surface area contributed by atoms with Gasteiger partial charge in [0.15, 0.2) is 10.9 Å². The van der Waals surface area contributed by atoms with Crippen LogP contribution in [0.3, 0.4) is 0 Å². The van der Waals surface area contributed by atoms with E-state index in [0.717, 1.165) is 16.1 Å². The van der Waals surface area contributed by atoms with E-state index in [0.29, 0.717) is 33.1 Å². The van der Waals surface area contributed by atoms with Gasteiger partial charge in [0.25, 0.3) is 0 Å². The van der Waals surface area contributed by atoms with Gasteiger partial charge in [-0.1, -0.05) is 29.3 Å². The number of carbonyl (C=O) groups is 2. The van der Waals surface area contributed by atoms with Crippen molar-refractivity contribution >= 4 is 51.4 Å². The molecule has 5 nitrogen and oxygen atoms in total. The number of amides is 1. The van der Waals surface area contributed by atoms with Crippen LogP contribution in [0.2, 0.25) is 10.0 Å². The summed E-state index contributed by atoms with van der Waals surface area (Å²) in [5.41, 5.74) is 2.11. The fourth-order valence-electron chi connectivity index (χ4n) is 2.82. The van der Waals surface area contributed by atoms with E-state index >= 15 is 0 Å². The molecule has 30 heavy (non-hydrogen) atoms. The number of hydrogen-bond acceptors (Lipinski definition) is 5. The van der Waals surface area contributed by atoms with Crippen LogP contribution in [0.4, 0.5) is 5.13 Å². The largest absolute Gasteiger partial charge is 0.494 e. The molecular weight excluding hydrogens is 443 g/mol. The van der Waals surface area contributed by atoms with Crippen molar-refractivity contribution in [3.8, 4) is 17.0 Å². The Hall–Kier alpha value is -2.41. The van der Waals surface area contributed by atoms with Crippen LogP contribution in [0.5, 0.6) is 5.75 Å². The maximum absolute atomic E-state index is 12.3. The van der Waals surface area contributed by atoms with Crippen molar-refractivity contribution in [2.45, 2.75) is 26.7 Å². The predicted octanol–water partition coefficient (Wildman–Crippen LogP) is 6.43. The average molecular weight is 463 g/mol. The molecule has 0 saturated carbocycles. The molecule has 0 aliphatic heterocycles. The third-order valence-corrected chi connectivity index (χ3v) is 5.93. The van der Waals surface area contributed by atoms with Gasteiger partial charge in [-0.05, 0) is 50.2 Å². The number of halogens is 2. The Kier molecular flexibility index (Phi) is 7.48. The Labute approximate surface area is 189 Å². The van der Waals surface area contributed by atoms with Crippen LogP contribution >= 0.6 is 34.5 Å². The summed E-state index contributed by atoms with van der Waals surface area (Å²) in [6.07, 6.45) is 0.191. The summed E-state index contributed by atoms with van der Waals surface area (Å²) in [7, 11) is 0. The quantitative estimate of drug-likeness (QED) is 0.391. The molecule has 1 heterocycles. The van der Waals surface area contributed by atoms with Gasteiger partial charge in [0.1, 0.15) is 5.75 Å². The fourth-order valence-corrected chi connectivity index (χ4v) is 3.97. The average Bonchev–Trinajstić information content (AvgIpc) is 3.09. The van der Waals surface area contributed by atoms with Crippen LogP contribution in [0.15, 0.2) is 42.5 Å². The highest BCUT2D eigenvalue weighted by atomic mass is 35.5. The number of ether oxygens (including phenoxy) is 1. The maximum atomic E-state index is 12.3. The second kappa shape index (κ2) is 10.1. The molecule has 0 spiro atoms. The van der Waals surface area contributed by atoms with E-state index in [2.05, 4.69) is 10.3 Å². The summed E-state index contributed by atoms with van der Waals surface area (Å²) in [5, 5.41) is 4.16. The van der Waals surface area contributed by atoms with E-state index in [9.17, 15) is 9.59 Å². The smallest absolute Gasteiger partial charge is 0.226 e. The highest BCUT2D eigenvalue weighted by Crippen LogP contribution is 2.33. The summed E-state index contributed by atoms with van der Waals surface area (Å²) in [6, 6.07) is 12.2. The minimum Gasteiger partial charge on any atom is -0.494 e. The van der Waals surface area contributed by atoms with Crippen molar-refractivity contribution in [1.82, 2.24) is 4.98 Å². The number of ketones is 1. The molecule has 1 amide bonds. The molecule has 0 bridgehead atoms. The number of nitrogens with zero attached hydrogens (tertiary/aromatic N) is 1. The number of rotatable bonds is 8. The number of Topliss-reactive ketones (excluding diaryl/α,β-unsaturated/α-hetero) is 1. The van der Waals surface area contributed by atoms with Crippen LogP contribution in [0.1, 0.15) is 35.0 Å². The molecule has 1 aromatic heterocycles. The first-order chi connectivity index (χ1) is 14.4. The zero-order valence-corrected chi connectivity index (χ0v) is 18.8. The lowest BCUT2D eigenvalue weighted by atomic mass is 10.1. The Morgan fingerprint density at radius 3 is 2.47 bits per heavy atom. The van der Waals surface area contributed by atoms with Crippen molar-refractivity contribution in [1.29, 1.82) is 0 Å². The van der Waals surface area contributed by atoms with Crippen LogP contribution in [-0.4, -0.2) is 23.3 Å². The van der Waals surface area contributed by atoms with E-state index < -0.39 is 0 Å². The molecule has 1 N–H and O–H groups in total. The van der Waals surface area contributed by atoms with E-state index in [1.54, 1.807) is 36.4 Å². The van der Waals surface area contributed by atoms with E-state index in [4.69, 9.17) is 27.9 Å². The van der Waals surface area contributed by atoms with E-state index in [1.807, 2.05) is 19.9 Å². The van der Waals surface area contributed by atoms with Crippen LogP contribution in [0.25, 0.3) is 11.3 Å². The van der Waals surface area contributed by atoms with Gasteiger partial charge in [0, 0.05) is 28.8 Å². The number of benzene rings is 2. The molecule has 0 atom stereocenters. The lowest BCUT2D eigenvalue weighted by molar-refractivity contribution is -0.116. The molecule has 156 valence electrons. The topological polar surface area (TPSA) is 68.3 Å². The number of anilines is 1. The van der Waals surface area contributed by atoms with Crippen LogP contribution in [-0.2, 0) is 4.79 Å². The third-order valence-electron chi connectivity index (χ3n) is 4.30. The SMILES string of the molecule is CCOc1ccc(C(=O)CCC(=O)Nc2nc(-c3ccc(Cl)c(Cl)c3)c(C)s2)cc1. The van der Waals surface area contributed by atoms with Crippen molar-refractivity contribution < 1.29 is 14.3 Å². The molecule has 0 fully saturated rings. The predicted molar refractivity (Wildman–Crippen MR) is 122 cm³/mol. The molecule has 2 aromatic carbocycles. The minimum absolute atomic E-state index is 0.0762. The third kappa shape index (κ3) is 5.59. The molecule has 0 aliphatic rings. The minimum atomic E-state index is -0.260. The van der Waals surface area contributed by atoms with Gasteiger partial charge >= 0.3 is 0 Å². The first-order valence-corrected chi connectivity index (χ1v) is 10.9. The van der Waals surface area contributed by atoms with E-state index in [1.165, 1.54) is 11.3 Å². The van der Waals surface area contributed by atoms with Crippen molar-refractivity contribution in [2.75, 3.05) is 11.9 Å². The molecule has 0 saturated heterocycles. The van der Waals surface area contributed by atoms with E-state index in [-0.39, 0.29) is 24.5 Å². The highest BCUT2D eigenvalue weighted by molar-refractivity contribution is 7.16. The zero-order chi connectivity index (χ0) is 21.7. The Balaban J connectivity index is 1.58. The van der Waals surface area contributed by atoms with Gasteiger partial charge in [0.2, 0.25) is 5.91 Å². The molecule has 3 rings (SSSR count). The van der Waals surface area contributed by atoms with Crippen molar-refractivity contribution in [2.24, 2.45) is 0 Å². The Bertz CT molecular complexity index is 1060. The monoisotopic (exact) mass is 462 g/mol. The molecule has 3 aromatic rings. The summed E-state index contributed by atoms with van der Waals surface area (Å²) >= 11 is 13.4. The number of aromatic nitrogens is 1. The Morgan fingerprint density at radius 1 is 1.07 bits per heavy atom. The molecule has 0 unspecified atom stereocenters. The standard InChI is InChI=1S/C22H20Cl2N2O3S/c1-3-29-16-7-4-14(5-8-16)19(27)10-11-20(28)25-22-26-21(13(2)30-22)15-6-9-17(23)18(24)12-15/h4-9,12H,3,10-11H2,1-2H3,(H,25,26,28). The number of aryl methyl sites for hydroxylation is 1. The van der Waals surface area contributed by atoms with Gasteiger partial charge in [-0.25, -0.2) is 4.98 Å². The Morgan fingerprint density at radius 2 is 1.80 bits per heavy atom. The van der Waals surface area contributed by atoms with Gasteiger partial charge < -0.3 is 10.1 Å². The van der Waals surface area contributed by atoms with Crippen LogP contribution < -0.4 is 10.1 Å². The number of carbonyl (C=O) groups excluding carboxylic acids is 2. The van der Waals surface area contributed by atoms with Gasteiger partial charge in [0.05, 0.1) is 22.3 Å². The summed E-state index contributed by atoms with van der Waals surface area (Å²) in [4.78, 5) is 30.0. The molecular formula is C22H20Cl2N2O3S. The van der Waals surface area contributed by atoms with Gasteiger partial charge in [-0.2, -0.15) is 0 Å². The highest BCUT2D eigenvalue weighted by Gasteiger charge is 2.15. The molecule has 0 radical (unpaired) electrons. The fraction of sp³-hybridized carbons (Fsp3) is 0.227. The van der Waals surface area contributed by atoms with Gasteiger partial charge in [-0.15, -0.1) is 11.3 Å². The first kappa shape index (κ1) is 22.3. The maximum Gasteiger partial charge on any atom is 0.226 e. The van der Waals surface area contributed by atoms with Crippen LogP contribution in [0, 0.1) is 6.92 Å². The van der Waals surface area contributed by atoms with Crippen molar-refractivity contribution in [3.63, 3.8) is 0 Å². The zero-order valence-electron chi connectivity index (χ0n) is 16.5. The van der Waals surface area contributed by atoms with Crippen molar-refractivity contribution in [3.05, 3.63) is 63.0 Å². The first-order valence-electron chi connectivity index (χ1n) is 9.36. The second-order valence-electron chi connectivity index (χ2n) is 6.48. The molecule has 8 heteroatoms. The number of nitrogens with one attached hydrogen (secondary N) is 1. The second-order valence-corrected chi connectivity index (χ2v) is 8.50. The lowest BCUT2D eigenvalue weighted by Crippen LogP contribution is -2.13. The number of hydrogen-bond donors (Lipinski definition) is 1. The summed E-state index contributed by atoms with van der Waals surface area (Å²) < 4.78 is 5.37. The van der Waals surface area contributed by atoms with Gasteiger partial charge in [-0.3, -0.25) is 9.59 Å². The molecule has 0 aliphatic carbocycles. The normalized spacial score (nSPS) is 10.7.